The highest BCUT2D eigenvalue weighted by atomic mass is 16.2. The molecule has 3 heterocycles. The minimum atomic E-state index is -0.165. The first-order valence-electron chi connectivity index (χ1n) is 12.2. The van der Waals surface area contributed by atoms with E-state index in [9.17, 15) is 9.59 Å². The summed E-state index contributed by atoms with van der Waals surface area (Å²) in [4.78, 5) is 38.6. The molecule has 1 N–H and O–H groups in total. The molecule has 0 bridgehead atoms. The van der Waals surface area contributed by atoms with Gasteiger partial charge in [0.25, 0.3) is 5.91 Å². The number of carbonyl (C=O) groups is 2. The molecule has 1 aromatic heterocycles. The number of piperazine rings is 1. The monoisotopic (exact) mass is 459 g/mol. The van der Waals surface area contributed by atoms with Crippen molar-refractivity contribution in [3.05, 3.63) is 66.4 Å². The van der Waals surface area contributed by atoms with Gasteiger partial charge in [0.1, 0.15) is 6.54 Å². The van der Waals surface area contributed by atoms with Crippen LogP contribution in [0.15, 0.2) is 60.8 Å². The van der Waals surface area contributed by atoms with Gasteiger partial charge in [-0.3, -0.25) is 19.4 Å². The van der Waals surface area contributed by atoms with Crippen molar-refractivity contribution < 1.29 is 9.59 Å². The van der Waals surface area contributed by atoms with Crippen molar-refractivity contribution in [3.8, 4) is 0 Å². The Labute approximate surface area is 200 Å². The maximum atomic E-state index is 13.6. The number of carbonyl (C=O) groups excluding carboxylic acids is 2. The van der Waals surface area contributed by atoms with Gasteiger partial charge in [0.05, 0.1) is 5.56 Å². The lowest BCUT2D eigenvalue weighted by Crippen LogP contribution is -2.55. The average Bonchev–Trinajstić information content (AvgIpc) is 3.32. The molecule has 0 saturated carbocycles. The molecule has 0 atom stereocenters. The molecule has 2 fully saturated rings. The summed E-state index contributed by atoms with van der Waals surface area (Å²) in [5.74, 6) is -0.165. The average molecular weight is 460 g/mol. The molecule has 3 aromatic rings. The zero-order chi connectivity index (χ0) is 23.5. The first-order valence-corrected chi connectivity index (χ1v) is 12.2. The number of likely N-dealkylation sites (tertiary alicyclic amines) is 1. The van der Waals surface area contributed by atoms with Crippen molar-refractivity contribution in [1.82, 2.24) is 19.7 Å². The molecular formula is C27H33N5O2. The van der Waals surface area contributed by atoms with Crippen LogP contribution in [0, 0.1) is 0 Å². The Morgan fingerprint density at radius 2 is 1.59 bits per heavy atom. The van der Waals surface area contributed by atoms with Gasteiger partial charge in [-0.15, -0.1) is 0 Å². The number of hydrogen-bond acceptors (Lipinski definition) is 4. The molecule has 0 unspecified atom stereocenters. The number of aromatic nitrogens is 1. The molecule has 2 saturated heterocycles. The van der Waals surface area contributed by atoms with Gasteiger partial charge in [0, 0.05) is 55.0 Å². The zero-order valence-corrected chi connectivity index (χ0v) is 19.8. The van der Waals surface area contributed by atoms with E-state index in [2.05, 4.69) is 21.8 Å². The predicted octanol–water partition coefficient (Wildman–Crippen LogP) is 3.05. The molecule has 2 aliphatic heterocycles. The normalized spacial score (nSPS) is 18.3. The van der Waals surface area contributed by atoms with Gasteiger partial charge < -0.3 is 14.8 Å². The van der Waals surface area contributed by atoms with Gasteiger partial charge in [0.15, 0.2) is 0 Å². The Morgan fingerprint density at radius 3 is 2.32 bits per heavy atom. The molecule has 7 nitrogen and oxygen atoms in total. The Balaban J connectivity index is 1.28. The molecule has 2 amide bonds. The van der Waals surface area contributed by atoms with Crippen LogP contribution in [0.25, 0.3) is 10.9 Å². The fraction of sp³-hybridized carbons (Fsp3) is 0.407. The van der Waals surface area contributed by atoms with E-state index in [1.54, 1.807) is 11.1 Å². The summed E-state index contributed by atoms with van der Waals surface area (Å²) in [6, 6.07) is 17.9. The largest absolute Gasteiger partial charge is 0.360 e. The van der Waals surface area contributed by atoms with Crippen molar-refractivity contribution in [1.29, 1.82) is 0 Å². The summed E-state index contributed by atoms with van der Waals surface area (Å²) in [7, 11) is 2.18. The number of nitrogens with zero attached hydrogens (tertiary/aromatic N) is 4. The smallest absolute Gasteiger partial charge is 0.260 e. The first kappa shape index (κ1) is 22.6. The zero-order valence-electron chi connectivity index (χ0n) is 19.8. The summed E-state index contributed by atoms with van der Waals surface area (Å²) < 4.78 is 0. The molecule has 7 heteroatoms. The van der Waals surface area contributed by atoms with Gasteiger partial charge in [0.2, 0.25) is 5.91 Å². The van der Waals surface area contributed by atoms with E-state index in [0.29, 0.717) is 11.6 Å². The Morgan fingerprint density at radius 1 is 0.912 bits per heavy atom. The van der Waals surface area contributed by atoms with Crippen LogP contribution in [-0.2, 0) is 4.79 Å². The fourth-order valence-electron chi connectivity index (χ4n) is 5.21. The predicted molar refractivity (Wildman–Crippen MR) is 135 cm³/mol. The van der Waals surface area contributed by atoms with Crippen LogP contribution >= 0.6 is 0 Å². The van der Waals surface area contributed by atoms with Gasteiger partial charge in [-0.1, -0.05) is 36.4 Å². The summed E-state index contributed by atoms with van der Waals surface area (Å²) in [6.45, 7) is 5.57. The van der Waals surface area contributed by atoms with Crippen LogP contribution in [0.5, 0.6) is 0 Å². The Hall–Kier alpha value is -3.16. The van der Waals surface area contributed by atoms with E-state index >= 15 is 0 Å². The Kier molecular flexibility index (Phi) is 6.65. The first-order chi connectivity index (χ1) is 16.6. The highest BCUT2D eigenvalue weighted by molar-refractivity contribution is 6.15. The SMILES string of the molecule is CN1CCC(N2CCN(C(=O)CN(C(=O)c3c[nH]c4ccccc34)c3ccccc3)CC2)CC1. The summed E-state index contributed by atoms with van der Waals surface area (Å²) in [5, 5.41) is 0.868. The lowest BCUT2D eigenvalue weighted by Gasteiger charge is -2.42. The molecule has 2 aromatic carbocycles. The maximum Gasteiger partial charge on any atom is 0.260 e. The topological polar surface area (TPSA) is 62.9 Å². The molecule has 0 aliphatic carbocycles. The van der Waals surface area contributed by atoms with Gasteiger partial charge in [-0.05, 0) is 51.2 Å². The lowest BCUT2D eigenvalue weighted by molar-refractivity contribution is -0.131. The highest BCUT2D eigenvalue weighted by Crippen LogP contribution is 2.24. The van der Waals surface area contributed by atoms with E-state index in [1.165, 1.54) is 12.8 Å². The third-order valence-corrected chi connectivity index (χ3v) is 7.30. The van der Waals surface area contributed by atoms with Crippen LogP contribution in [0.2, 0.25) is 0 Å². The number of nitrogens with one attached hydrogen (secondary N) is 1. The van der Waals surface area contributed by atoms with Crippen molar-refractivity contribution in [3.63, 3.8) is 0 Å². The molecule has 178 valence electrons. The van der Waals surface area contributed by atoms with E-state index in [1.807, 2.05) is 59.5 Å². The van der Waals surface area contributed by atoms with Crippen molar-refractivity contribution in [2.45, 2.75) is 18.9 Å². The van der Waals surface area contributed by atoms with Crippen LogP contribution < -0.4 is 4.90 Å². The van der Waals surface area contributed by atoms with Gasteiger partial charge >= 0.3 is 0 Å². The standard InChI is InChI=1S/C27H33N5O2/c1-29-13-11-21(12-14-29)30-15-17-31(18-16-30)26(33)20-32(22-7-3-2-4-8-22)27(34)24-19-28-25-10-6-5-9-23(24)25/h2-10,19,21,28H,11-18,20H2,1H3. The second kappa shape index (κ2) is 9.99. The lowest BCUT2D eigenvalue weighted by atomic mass is 10.0. The van der Waals surface area contributed by atoms with E-state index in [4.69, 9.17) is 0 Å². The molecule has 34 heavy (non-hydrogen) atoms. The van der Waals surface area contributed by atoms with E-state index < -0.39 is 0 Å². The molecular weight excluding hydrogens is 426 g/mol. The third-order valence-electron chi connectivity index (χ3n) is 7.30. The number of amides is 2. The van der Waals surface area contributed by atoms with Crippen molar-refractivity contribution >= 4 is 28.4 Å². The summed E-state index contributed by atoms with van der Waals surface area (Å²) in [5.41, 5.74) is 2.23. The molecule has 0 radical (unpaired) electrons. The quantitative estimate of drug-likeness (QED) is 0.637. The van der Waals surface area contributed by atoms with Crippen LogP contribution in [-0.4, -0.2) is 90.4 Å². The van der Waals surface area contributed by atoms with Crippen LogP contribution in [0.4, 0.5) is 5.69 Å². The van der Waals surface area contributed by atoms with Crippen molar-refractivity contribution in [2.24, 2.45) is 0 Å². The number of anilines is 1. The minimum Gasteiger partial charge on any atom is -0.360 e. The number of benzene rings is 2. The van der Waals surface area contributed by atoms with E-state index in [-0.39, 0.29) is 18.4 Å². The molecule has 5 rings (SSSR count). The number of H-pyrrole nitrogens is 1. The third kappa shape index (κ3) is 4.72. The molecule has 0 spiro atoms. The second-order valence-corrected chi connectivity index (χ2v) is 9.43. The number of rotatable bonds is 5. The second-order valence-electron chi connectivity index (χ2n) is 9.43. The van der Waals surface area contributed by atoms with Crippen LogP contribution in [0.1, 0.15) is 23.2 Å². The number of piperidine rings is 1. The number of fused-ring (bicyclic) bond motifs is 1. The minimum absolute atomic E-state index is 0.0000665. The van der Waals surface area contributed by atoms with Gasteiger partial charge in [-0.2, -0.15) is 0 Å². The highest BCUT2D eigenvalue weighted by Gasteiger charge is 2.30. The number of aromatic amines is 1. The summed E-state index contributed by atoms with van der Waals surface area (Å²) in [6.07, 6.45) is 4.14. The Bertz CT molecular complexity index is 1130. The van der Waals surface area contributed by atoms with Gasteiger partial charge in [-0.25, -0.2) is 0 Å². The van der Waals surface area contributed by atoms with Crippen molar-refractivity contribution in [2.75, 3.05) is 57.8 Å². The fourth-order valence-corrected chi connectivity index (χ4v) is 5.21. The summed E-state index contributed by atoms with van der Waals surface area (Å²) >= 11 is 0. The van der Waals surface area contributed by atoms with E-state index in [0.717, 1.165) is 55.9 Å². The number of hydrogen-bond donors (Lipinski definition) is 1. The maximum absolute atomic E-state index is 13.6. The molecule has 2 aliphatic rings. The van der Waals surface area contributed by atoms with Crippen LogP contribution in [0.3, 0.4) is 0 Å². The number of para-hydroxylation sites is 2.